The molecule has 0 radical (unpaired) electrons. The van der Waals surface area contributed by atoms with Crippen molar-refractivity contribution >= 4 is 22.8 Å². The molecule has 16 heteroatoms. The summed E-state index contributed by atoms with van der Waals surface area (Å²) in [5.41, 5.74) is 7.05. The second kappa shape index (κ2) is 14.2. The molecular formula is C34H42ClN13O2. The SMILES string of the molecule is C[C@@H]1CCC[C@H](n2cnc(-c3cc(Cl)ccc3-n3cc(COn4nnc5cccnc54)nn3)cc2=O)C2CC(CCN2)C2C(CNN2C)NC1. The van der Waals surface area contributed by atoms with E-state index in [4.69, 9.17) is 21.4 Å². The number of rotatable bonds is 6. The molecule has 3 fully saturated rings. The number of nitrogens with zero attached hydrogens (tertiary/aromatic N) is 10. The lowest BCUT2D eigenvalue weighted by Crippen LogP contribution is -2.54. The second-order valence-electron chi connectivity index (χ2n) is 13.8. The maximum absolute atomic E-state index is 14.0. The Bertz CT molecular complexity index is 2010. The van der Waals surface area contributed by atoms with Gasteiger partial charge in [0.25, 0.3) is 5.56 Å². The van der Waals surface area contributed by atoms with Crippen LogP contribution in [0, 0.1) is 11.8 Å². The van der Waals surface area contributed by atoms with Gasteiger partial charge in [-0.25, -0.2) is 19.7 Å². The van der Waals surface area contributed by atoms with E-state index >= 15 is 0 Å². The number of pyridine rings is 1. The van der Waals surface area contributed by atoms with Crippen molar-refractivity contribution in [3.8, 4) is 16.9 Å². The molecule has 0 aliphatic carbocycles. The predicted octanol–water partition coefficient (Wildman–Crippen LogP) is 2.42. The summed E-state index contributed by atoms with van der Waals surface area (Å²) >= 11 is 6.49. The first-order valence-corrected chi connectivity index (χ1v) is 17.8. The van der Waals surface area contributed by atoms with Crippen LogP contribution in [0.4, 0.5) is 0 Å². The molecule has 3 saturated heterocycles. The van der Waals surface area contributed by atoms with E-state index in [0.717, 1.165) is 51.7 Å². The summed E-state index contributed by atoms with van der Waals surface area (Å²) in [7, 11) is 2.17. The number of nitrogens with one attached hydrogen (secondary N) is 3. The molecule has 0 amide bonds. The van der Waals surface area contributed by atoms with Gasteiger partial charge in [0.15, 0.2) is 6.61 Å². The topological polar surface area (TPSA) is 158 Å². The highest BCUT2D eigenvalue weighted by molar-refractivity contribution is 6.31. The Morgan fingerprint density at radius 1 is 1.02 bits per heavy atom. The Labute approximate surface area is 294 Å². The van der Waals surface area contributed by atoms with Gasteiger partial charge in [0, 0.05) is 54.6 Å². The number of benzene rings is 1. The fourth-order valence-corrected chi connectivity index (χ4v) is 8.16. The largest absolute Gasteiger partial charge is 0.387 e. The van der Waals surface area contributed by atoms with E-state index in [9.17, 15) is 4.79 Å². The van der Waals surface area contributed by atoms with Crippen LogP contribution in [0.15, 0.2) is 59.9 Å². The average Bonchev–Trinajstić information content (AvgIpc) is 3.87. The van der Waals surface area contributed by atoms with Crippen molar-refractivity contribution in [3.05, 3.63) is 76.2 Å². The lowest BCUT2D eigenvalue weighted by molar-refractivity contribution is 0.0718. The number of halogens is 1. The third-order valence-electron chi connectivity index (χ3n) is 10.5. The molecule has 4 aromatic heterocycles. The number of hydrazine groups is 1. The van der Waals surface area contributed by atoms with E-state index in [2.05, 4.69) is 60.6 Å². The number of hydrogen-bond donors (Lipinski definition) is 3. The summed E-state index contributed by atoms with van der Waals surface area (Å²) in [6.45, 7) is 5.30. The summed E-state index contributed by atoms with van der Waals surface area (Å²) in [6.07, 6.45) is 10.3. The number of fused-ring (bicyclic) bond motifs is 5. The number of aromatic nitrogens is 9. The van der Waals surface area contributed by atoms with Crippen molar-refractivity contribution in [2.45, 2.75) is 69.8 Å². The molecule has 6 atom stereocenters. The Morgan fingerprint density at radius 3 is 2.84 bits per heavy atom. The molecule has 3 N–H and O–H groups in total. The molecule has 1 aromatic carbocycles. The molecule has 4 unspecified atom stereocenters. The van der Waals surface area contributed by atoms with Crippen LogP contribution in [0.1, 0.15) is 50.8 Å². The number of hydrogen-bond acceptors (Lipinski definition) is 12. The summed E-state index contributed by atoms with van der Waals surface area (Å²) in [5, 5.41) is 27.2. The van der Waals surface area contributed by atoms with Crippen LogP contribution in [-0.4, -0.2) is 94.5 Å². The summed E-state index contributed by atoms with van der Waals surface area (Å²) in [5.74, 6) is 1.06. The van der Waals surface area contributed by atoms with Gasteiger partial charge in [0.1, 0.15) is 11.2 Å². The lowest BCUT2D eigenvalue weighted by atomic mass is 9.80. The Balaban J connectivity index is 1.05. The lowest BCUT2D eigenvalue weighted by Gasteiger charge is -2.42. The zero-order valence-corrected chi connectivity index (χ0v) is 28.9. The van der Waals surface area contributed by atoms with Crippen LogP contribution in [-0.2, 0) is 6.61 Å². The molecule has 0 saturated carbocycles. The minimum Gasteiger partial charge on any atom is -0.387 e. The zero-order chi connectivity index (χ0) is 34.2. The highest BCUT2D eigenvalue weighted by Gasteiger charge is 2.41. The third kappa shape index (κ3) is 6.63. The highest BCUT2D eigenvalue weighted by atomic mass is 35.5. The first-order valence-electron chi connectivity index (χ1n) is 17.4. The van der Waals surface area contributed by atoms with Crippen molar-refractivity contribution in [1.29, 1.82) is 0 Å². The molecule has 5 aromatic rings. The standard InChI is InChI=1S/C34H42ClN13O2/c1-21-5-3-7-31(28-13-22(10-12-36-28)33-29(38-16-21)17-40-45(33)2)46-20-39-27(15-32(46)49)25-14-23(35)8-9-30(25)47-18-24(41-43-47)19-50-48-34-26(42-44-48)6-4-11-37-34/h4,6,8-9,11,14-15,18,20-22,28-29,31,33,36,38,40H,3,5,7,10,12-13,16-17,19H2,1-2H3/t21-,22?,28?,29?,31+,33?/m1/s1. The van der Waals surface area contributed by atoms with E-state index in [1.807, 2.05) is 16.7 Å². The molecular weight excluding hydrogens is 658 g/mol. The van der Waals surface area contributed by atoms with Gasteiger partial charge in [-0.1, -0.05) is 35.0 Å². The third-order valence-corrected chi connectivity index (χ3v) is 10.7. The minimum absolute atomic E-state index is 0.00133. The van der Waals surface area contributed by atoms with E-state index in [1.165, 1.54) is 4.85 Å². The zero-order valence-electron chi connectivity index (χ0n) is 28.2. The molecule has 262 valence electrons. The molecule has 3 aliphatic heterocycles. The van der Waals surface area contributed by atoms with Crippen LogP contribution in [0.3, 0.4) is 0 Å². The second-order valence-corrected chi connectivity index (χ2v) is 14.3. The van der Waals surface area contributed by atoms with Crippen LogP contribution in [0.25, 0.3) is 28.1 Å². The number of likely N-dealkylation sites (N-methyl/N-ethyl adjacent to an activating group) is 1. The predicted molar refractivity (Wildman–Crippen MR) is 187 cm³/mol. The summed E-state index contributed by atoms with van der Waals surface area (Å²) in [6, 6.07) is 11.6. The summed E-state index contributed by atoms with van der Waals surface area (Å²) in [4.78, 5) is 30.2. The van der Waals surface area contributed by atoms with Gasteiger partial charge >= 0.3 is 0 Å². The van der Waals surface area contributed by atoms with E-state index in [0.29, 0.717) is 62.7 Å². The maximum atomic E-state index is 14.0. The van der Waals surface area contributed by atoms with Gasteiger partial charge in [0.2, 0.25) is 5.65 Å². The number of piperidine rings is 1. The molecule has 0 spiro atoms. The fourth-order valence-electron chi connectivity index (χ4n) is 7.99. The molecule has 15 nitrogen and oxygen atoms in total. The van der Waals surface area contributed by atoms with Gasteiger partial charge in [-0.2, -0.15) is 0 Å². The smallest absolute Gasteiger partial charge is 0.254 e. The van der Waals surface area contributed by atoms with Crippen LogP contribution < -0.4 is 26.5 Å². The van der Waals surface area contributed by atoms with Crippen molar-refractivity contribution in [2.24, 2.45) is 11.8 Å². The molecule has 2 bridgehead atoms. The minimum atomic E-state index is -0.0875. The van der Waals surface area contributed by atoms with Gasteiger partial charge < -0.3 is 15.5 Å². The van der Waals surface area contributed by atoms with Gasteiger partial charge in [0.05, 0.1) is 29.9 Å². The molecule has 7 heterocycles. The first-order chi connectivity index (χ1) is 24.4. The van der Waals surface area contributed by atoms with Crippen LogP contribution in [0.2, 0.25) is 5.02 Å². The average molecular weight is 700 g/mol. The molecule has 3 aliphatic rings. The quantitative estimate of drug-likeness (QED) is 0.238. The normalized spacial score (nSPS) is 26.3. The molecule has 8 rings (SSSR count). The fraction of sp³-hybridized carbons (Fsp3) is 0.500. The molecule has 50 heavy (non-hydrogen) atoms. The highest BCUT2D eigenvalue weighted by Crippen LogP contribution is 2.34. The van der Waals surface area contributed by atoms with Gasteiger partial charge in [-0.05, 0) is 86.2 Å². The van der Waals surface area contributed by atoms with E-state index < -0.39 is 0 Å². The Kier molecular flexibility index (Phi) is 9.31. The van der Waals surface area contributed by atoms with Crippen LogP contribution in [0.5, 0.6) is 0 Å². The van der Waals surface area contributed by atoms with Crippen molar-refractivity contribution in [3.63, 3.8) is 0 Å². The Hall–Kier alpha value is -4.28. The van der Waals surface area contributed by atoms with Crippen molar-refractivity contribution in [1.82, 2.24) is 65.8 Å². The van der Waals surface area contributed by atoms with Crippen molar-refractivity contribution < 1.29 is 4.84 Å². The van der Waals surface area contributed by atoms with Gasteiger partial charge in [-0.15, -0.1) is 10.2 Å². The van der Waals surface area contributed by atoms with E-state index in [-0.39, 0.29) is 24.2 Å². The van der Waals surface area contributed by atoms with Crippen molar-refractivity contribution in [2.75, 3.05) is 26.7 Å². The Morgan fingerprint density at radius 2 is 1.94 bits per heavy atom. The van der Waals surface area contributed by atoms with Gasteiger partial charge in [-0.3, -0.25) is 14.8 Å². The monoisotopic (exact) mass is 699 g/mol. The first kappa shape index (κ1) is 32.9. The van der Waals surface area contributed by atoms with Crippen LogP contribution >= 0.6 is 11.6 Å². The van der Waals surface area contributed by atoms with E-state index in [1.54, 1.807) is 47.7 Å². The summed E-state index contributed by atoms with van der Waals surface area (Å²) < 4.78 is 3.48. The maximum Gasteiger partial charge on any atom is 0.254 e.